The van der Waals surface area contributed by atoms with E-state index in [1.54, 1.807) is 10.9 Å². The molecule has 7 nitrogen and oxygen atoms in total. The van der Waals surface area contributed by atoms with Crippen molar-refractivity contribution in [2.75, 3.05) is 11.9 Å². The molecule has 0 saturated heterocycles. The monoisotopic (exact) mass is 281 g/mol. The number of pyridine rings is 1. The number of halogens is 1. The van der Waals surface area contributed by atoms with E-state index in [1.165, 1.54) is 12.3 Å². The molecule has 0 saturated carbocycles. The Balaban J connectivity index is 2.01. The normalized spacial score (nSPS) is 10.4. The fourth-order valence-electron chi connectivity index (χ4n) is 1.63. The summed E-state index contributed by atoms with van der Waals surface area (Å²) in [7, 11) is 1.84. The van der Waals surface area contributed by atoms with Crippen molar-refractivity contribution in [3.63, 3.8) is 0 Å². The maximum Gasteiger partial charge on any atom is 0.312 e. The number of anilines is 1. The summed E-state index contributed by atoms with van der Waals surface area (Å²) in [5.41, 5.74) is 0.922. The topological polar surface area (TPSA) is 85.9 Å². The second-order valence-electron chi connectivity index (χ2n) is 3.98. The summed E-state index contributed by atoms with van der Waals surface area (Å²) in [4.78, 5) is 14.3. The van der Waals surface area contributed by atoms with Crippen LogP contribution in [-0.4, -0.2) is 26.2 Å². The molecule has 0 aliphatic rings. The van der Waals surface area contributed by atoms with Gasteiger partial charge < -0.3 is 5.32 Å². The van der Waals surface area contributed by atoms with Gasteiger partial charge in [0.1, 0.15) is 0 Å². The molecule has 19 heavy (non-hydrogen) atoms. The first-order chi connectivity index (χ1) is 9.06. The number of nitrogens with one attached hydrogen (secondary N) is 1. The Morgan fingerprint density at radius 3 is 2.95 bits per heavy atom. The van der Waals surface area contributed by atoms with Crippen LogP contribution in [0.4, 0.5) is 11.5 Å². The number of aromatic nitrogens is 3. The molecular formula is C11H12ClN5O2. The predicted octanol–water partition coefficient (Wildman–Crippen LogP) is 2.03. The van der Waals surface area contributed by atoms with E-state index >= 15 is 0 Å². The minimum atomic E-state index is -0.509. The predicted molar refractivity (Wildman–Crippen MR) is 71.3 cm³/mol. The van der Waals surface area contributed by atoms with Crippen molar-refractivity contribution >= 4 is 23.1 Å². The van der Waals surface area contributed by atoms with Crippen molar-refractivity contribution in [3.05, 3.63) is 45.4 Å². The number of hydrogen-bond acceptors (Lipinski definition) is 5. The quantitative estimate of drug-likeness (QED) is 0.669. The number of nitrogens with zero attached hydrogens (tertiary/aromatic N) is 4. The van der Waals surface area contributed by atoms with E-state index in [1.807, 2.05) is 13.2 Å². The fourth-order valence-corrected chi connectivity index (χ4v) is 1.78. The summed E-state index contributed by atoms with van der Waals surface area (Å²) < 4.78 is 1.71. The minimum absolute atomic E-state index is 0.126. The van der Waals surface area contributed by atoms with Gasteiger partial charge in [-0.2, -0.15) is 5.10 Å². The van der Waals surface area contributed by atoms with Gasteiger partial charge in [0.25, 0.3) is 0 Å². The maximum atomic E-state index is 10.9. The average molecular weight is 282 g/mol. The third-order valence-corrected chi connectivity index (χ3v) is 2.70. The van der Waals surface area contributed by atoms with Crippen molar-refractivity contribution in [3.8, 4) is 0 Å². The lowest BCUT2D eigenvalue weighted by Crippen LogP contribution is -2.08. The highest BCUT2D eigenvalue weighted by Gasteiger charge is 2.15. The van der Waals surface area contributed by atoms with Crippen LogP contribution < -0.4 is 5.32 Å². The number of aryl methyl sites for hydroxylation is 1. The molecule has 0 spiro atoms. The van der Waals surface area contributed by atoms with Gasteiger partial charge in [0.05, 0.1) is 16.1 Å². The average Bonchev–Trinajstić information content (AvgIpc) is 2.77. The molecule has 2 rings (SSSR count). The van der Waals surface area contributed by atoms with E-state index in [4.69, 9.17) is 11.6 Å². The van der Waals surface area contributed by atoms with Gasteiger partial charge in [0.15, 0.2) is 0 Å². The standard InChI is InChI=1S/C11H12ClN5O2/c1-16-7-8(5-15-16)2-3-13-11-10(17(18)19)4-9(12)6-14-11/h4-7H,2-3H2,1H3,(H,13,14). The summed E-state index contributed by atoms with van der Waals surface area (Å²) in [6.07, 6.45) is 5.73. The molecular weight excluding hydrogens is 270 g/mol. The summed E-state index contributed by atoms with van der Waals surface area (Å²) in [6, 6.07) is 1.28. The van der Waals surface area contributed by atoms with Crippen LogP contribution in [0.1, 0.15) is 5.56 Å². The van der Waals surface area contributed by atoms with Gasteiger partial charge in [-0.05, 0) is 12.0 Å². The highest BCUT2D eigenvalue weighted by molar-refractivity contribution is 6.30. The molecule has 0 aliphatic carbocycles. The molecule has 0 fully saturated rings. The van der Waals surface area contributed by atoms with Crippen LogP contribution in [-0.2, 0) is 13.5 Å². The van der Waals surface area contributed by atoms with Crippen molar-refractivity contribution in [1.82, 2.24) is 14.8 Å². The third-order valence-electron chi connectivity index (χ3n) is 2.50. The lowest BCUT2D eigenvalue weighted by atomic mass is 10.2. The Bertz CT molecular complexity index is 599. The lowest BCUT2D eigenvalue weighted by Gasteiger charge is -2.05. The van der Waals surface area contributed by atoms with Crippen LogP contribution in [0.25, 0.3) is 0 Å². The first-order valence-corrected chi connectivity index (χ1v) is 5.95. The van der Waals surface area contributed by atoms with Crippen LogP contribution in [0, 0.1) is 10.1 Å². The first-order valence-electron chi connectivity index (χ1n) is 5.57. The molecule has 2 aromatic rings. The van der Waals surface area contributed by atoms with Crippen LogP contribution in [0.5, 0.6) is 0 Å². The van der Waals surface area contributed by atoms with E-state index in [2.05, 4.69) is 15.4 Å². The van der Waals surface area contributed by atoms with Crippen molar-refractivity contribution in [2.24, 2.45) is 7.05 Å². The molecule has 8 heteroatoms. The Labute approximate surface area is 114 Å². The van der Waals surface area contributed by atoms with E-state index in [9.17, 15) is 10.1 Å². The SMILES string of the molecule is Cn1cc(CCNc2ncc(Cl)cc2[N+](=O)[O-])cn1. The highest BCUT2D eigenvalue weighted by atomic mass is 35.5. The van der Waals surface area contributed by atoms with Crippen molar-refractivity contribution in [1.29, 1.82) is 0 Å². The second-order valence-corrected chi connectivity index (χ2v) is 4.41. The van der Waals surface area contributed by atoms with Gasteiger partial charge in [-0.15, -0.1) is 0 Å². The summed E-state index contributed by atoms with van der Waals surface area (Å²) in [5, 5.41) is 18.1. The van der Waals surface area contributed by atoms with Crippen LogP contribution in [0.3, 0.4) is 0 Å². The Morgan fingerprint density at radius 2 is 2.32 bits per heavy atom. The molecule has 0 aromatic carbocycles. The van der Waals surface area contributed by atoms with Gasteiger partial charge in [-0.25, -0.2) is 4.98 Å². The van der Waals surface area contributed by atoms with E-state index in [-0.39, 0.29) is 16.5 Å². The Hall–Kier alpha value is -2.15. The van der Waals surface area contributed by atoms with E-state index < -0.39 is 4.92 Å². The molecule has 0 atom stereocenters. The first kappa shape index (κ1) is 13.3. The lowest BCUT2D eigenvalue weighted by molar-refractivity contribution is -0.384. The zero-order valence-corrected chi connectivity index (χ0v) is 11.0. The molecule has 2 aromatic heterocycles. The number of hydrogen-bond donors (Lipinski definition) is 1. The highest BCUT2D eigenvalue weighted by Crippen LogP contribution is 2.24. The van der Waals surface area contributed by atoms with Crippen molar-refractivity contribution < 1.29 is 4.92 Å². The molecule has 0 unspecified atom stereocenters. The molecule has 0 aliphatic heterocycles. The summed E-state index contributed by atoms with van der Waals surface area (Å²) >= 11 is 5.69. The smallest absolute Gasteiger partial charge is 0.312 e. The van der Waals surface area contributed by atoms with Crippen LogP contribution in [0.15, 0.2) is 24.7 Å². The Kier molecular flexibility index (Phi) is 3.96. The van der Waals surface area contributed by atoms with Gasteiger partial charge >= 0.3 is 5.69 Å². The molecule has 0 amide bonds. The third kappa shape index (κ3) is 3.41. The molecule has 1 N–H and O–H groups in total. The molecule has 2 heterocycles. The van der Waals surface area contributed by atoms with Gasteiger partial charge in [0, 0.05) is 32.1 Å². The largest absolute Gasteiger partial charge is 0.364 e. The van der Waals surface area contributed by atoms with Gasteiger partial charge in [0.2, 0.25) is 5.82 Å². The summed E-state index contributed by atoms with van der Waals surface area (Å²) in [5.74, 6) is 0.221. The van der Waals surface area contributed by atoms with Crippen LogP contribution in [0.2, 0.25) is 5.02 Å². The number of nitro groups is 1. The van der Waals surface area contributed by atoms with Gasteiger partial charge in [-0.3, -0.25) is 14.8 Å². The van der Waals surface area contributed by atoms with Gasteiger partial charge in [-0.1, -0.05) is 11.6 Å². The zero-order valence-electron chi connectivity index (χ0n) is 10.2. The Morgan fingerprint density at radius 1 is 1.53 bits per heavy atom. The van der Waals surface area contributed by atoms with Crippen LogP contribution >= 0.6 is 11.6 Å². The minimum Gasteiger partial charge on any atom is -0.364 e. The maximum absolute atomic E-state index is 10.9. The van der Waals surface area contributed by atoms with E-state index in [0.717, 1.165) is 5.56 Å². The molecule has 0 radical (unpaired) electrons. The zero-order chi connectivity index (χ0) is 13.8. The molecule has 0 bridgehead atoms. The summed E-state index contributed by atoms with van der Waals surface area (Å²) in [6.45, 7) is 0.529. The molecule has 100 valence electrons. The van der Waals surface area contributed by atoms with Crippen molar-refractivity contribution in [2.45, 2.75) is 6.42 Å². The fraction of sp³-hybridized carbons (Fsp3) is 0.273. The second kappa shape index (κ2) is 5.66. The number of rotatable bonds is 5. The van der Waals surface area contributed by atoms with E-state index in [0.29, 0.717) is 13.0 Å².